The van der Waals surface area contributed by atoms with Crippen LogP contribution in [0.1, 0.15) is 17.3 Å². The van der Waals surface area contributed by atoms with Crippen LogP contribution >= 0.6 is 0 Å². The fourth-order valence-electron chi connectivity index (χ4n) is 2.47. The number of pyridine rings is 2. The normalized spacial score (nSPS) is 11.4. The number of carbonyl (C=O) groups excluding carboxylic acids is 1. The van der Waals surface area contributed by atoms with Crippen molar-refractivity contribution in [3.8, 4) is 0 Å². The first-order valence-electron chi connectivity index (χ1n) is 8.21. The molecule has 2 heterocycles. The summed E-state index contributed by atoms with van der Waals surface area (Å²) in [4.78, 5) is 20.2. The van der Waals surface area contributed by atoms with Crippen LogP contribution in [0.15, 0.2) is 54.4 Å². The molecule has 0 aliphatic heterocycles. The van der Waals surface area contributed by atoms with E-state index in [0.717, 1.165) is 22.5 Å². The fourth-order valence-corrected chi connectivity index (χ4v) is 2.47. The molecule has 0 saturated heterocycles. The fraction of sp³-hybridized carbons (Fsp3) is 0.105. The average molecular weight is 366 g/mol. The number of hydrogen-bond donors (Lipinski definition) is 4. The van der Waals surface area contributed by atoms with Crippen LogP contribution < -0.4 is 22.1 Å². The summed E-state index contributed by atoms with van der Waals surface area (Å²) in [6.07, 6.45) is 3.13. The molecule has 2 aromatic heterocycles. The van der Waals surface area contributed by atoms with E-state index < -0.39 is 11.7 Å². The summed E-state index contributed by atoms with van der Waals surface area (Å²) in [5, 5.41) is 6.79. The van der Waals surface area contributed by atoms with E-state index in [1.807, 2.05) is 24.3 Å². The number of carbonyl (C=O) groups is 1. The number of amides is 1. The lowest BCUT2D eigenvalue weighted by atomic mass is 10.2. The lowest BCUT2D eigenvalue weighted by molar-refractivity contribution is 0.100. The largest absolute Gasteiger partial charge is 0.405 e. The zero-order valence-corrected chi connectivity index (χ0v) is 14.7. The Kier molecular flexibility index (Phi) is 5.16. The number of nitrogens with one attached hydrogen (secondary N) is 2. The van der Waals surface area contributed by atoms with Gasteiger partial charge in [0.1, 0.15) is 5.82 Å². The molecule has 8 heteroatoms. The van der Waals surface area contributed by atoms with Crippen molar-refractivity contribution < 1.29 is 9.18 Å². The Morgan fingerprint density at radius 3 is 2.81 bits per heavy atom. The topological polar surface area (TPSA) is 119 Å². The second kappa shape index (κ2) is 7.69. The molecule has 27 heavy (non-hydrogen) atoms. The van der Waals surface area contributed by atoms with Crippen LogP contribution in [0.25, 0.3) is 10.9 Å². The van der Waals surface area contributed by atoms with E-state index in [9.17, 15) is 9.18 Å². The summed E-state index contributed by atoms with van der Waals surface area (Å²) in [6, 6.07) is 10.3. The number of fused-ring (bicyclic) bond motifs is 1. The maximum absolute atomic E-state index is 14.3. The Labute approximate surface area is 155 Å². The molecule has 6 N–H and O–H groups in total. The first-order chi connectivity index (χ1) is 13.0. The van der Waals surface area contributed by atoms with E-state index in [-0.39, 0.29) is 17.2 Å². The van der Waals surface area contributed by atoms with Crippen molar-refractivity contribution in [2.24, 2.45) is 11.5 Å². The first-order valence-corrected chi connectivity index (χ1v) is 8.21. The molecule has 3 rings (SSSR count). The standard InChI is InChI=1S/C19H19FN6O/c1-11(9-21)10-24-19-15(20)8-14(17(22)27)18(26-19)25-13-4-5-16-12(7-13)3-2-6-23-16/h2-9H,10,21H2,1H3,(H2,22,27)(H2,24,25,26)/b11-9+. The van der Waals surface area contributed by atoms with Crippen LogP contribution in [0, 0.1) is 5.82 Å². The third-order valence-corrected chi connectivity index (χ3v) is 3.93. The van der Waals surface area contributed by atoms with Crippen LogP contribution in [0.5, 0.6) is 0 Å². The molecule has 0 aliphatic rings. The summed E-state index contributed by atoms with van der Waals surface area (Å²) < 4.78 is 14.3. The Hall–Kier alpha value is -3.68. The van der Waals surface area contributed by atoms with Gasteiger partial charge in [0.2, 0.25) is 0 Å². The van der Waals surface area contributed by atoms with Gasteiger partial charge >= 0.3 is 0 Å². The maximum Gasteiger partial charge on any atom is 0.252 e. The summed E-state index contributed by atoms with van der Waals surface area (Å²) in [7, 11) is 0. The lowest BCUT2D eigenvalue weighted by Crippen LogP contribution is -2.17. The highest BCUT2D eigenvalue weighted by molar-refractivity contribution is 5.99. The molecular weight excluding hydrogens is 347 g/mol. The van der Waals surface area contributed by atoms with E-state index in [1.165, 1.54) is 6.20 Å². The van der Waals surface area contributed by atoms with Gasteiger partial charge in [-0.3, -0.25) is 9.78 Å². The van der Waals surface area contributed by atoms with Crippen molar-refractivity contribution in [3.63, 3.8) is 0 Å². The number of aromatic nitrogens is 2. The molecule has 0 spiro atoms. The van der Waals surface area contributed by atoms with Crippen molar-refractivity contribution in [3.05, 3.63) is 65.7 Å². The van der Waals surface area contributed by atoms with Gasteiger partial charge in [-0.15, -0.1) is 0 Å². The highest BCUT2D eigenvalue weighted by atomic mass is 19.1. The van der Waals surface area contributed by atoms with Crippen LogP contribution in [-0.4, -0.2) is 22.4 Å². The van der Waals surface area contributed by atoms with Crippen molar-refractivity contribution >= 4 is 34.1 Å². The van der Waals surface area contributed by atoms with Crippen LogP contribution in [0.2, 0.25) is 0 Å². The van der Waals surface area contributed by atoms with Gasteiger partial charge in [0.25, 0.3) is 5.91 Å². The van der Waals surface area contributed by atoms with E-state index in [4.69, 9.17) is 11.5 Å². The van der Waals surface area contributed by atoms with Crippen molar-refractivity contribution in [2.45, 2.75) is 6.92 Å². The Morgan fingerprint density at radius 2 is 2.07 bits per heavy atom. The molecule has 0 fully saturated rings. The number of primary amides is 1. The maximum atomic E-state index is 14.3. The molecular formula is C19H19FN6O. The van der Waals surface area contributed by atoms with E-state index in [2.05, 4.69) is 20.6 Å². The first kappa shape index (κ1) is 18.1. The molecule has 0 atom stereocenters. The molecule has 1 aromatic carbocycles. The summed E-state index contributed by atoms with van der Waals surface area (Å²) in [5.74, 6) is -1.31. The van der Waals surface area contributed by atoms with E-state index >= 15 is 0 Å². The monoisotopic (exact) mass is 366 g/mol. The average Bonchev–Trinajstić information content (AvgIpc) is 2.67. The Morgan fingerprint density at radius 1 is 1.26 bits per heavy atom. The number of halogens is 1. The van der Waals surface area contributed by atoms with Gasteiger partial charge in [-0.25, -0.2) is 9.37 Å². The smallest absolute Gasteiger partial charge is 0.252 e. The molecule has 1 amide bonds. The number of hydrogen-bond acceptors (Lipinski definition) is 6. The molecule has 0 unspecified atom stereocenters. The van der Waals surface area contributed by atoms with Crippen molar-refractivity contribution in [1.29, 1.82) is 0 Å². The second-order valence-electron chi connectivity index (χ2n) is 5.98. The zero-order chi connectivity index (χ0) is 19.4. The van der Waals surface area contributed by atoms with Gasteiger partial charge in [-0.05, 0) is 49.0 Å². The number of rotatable bonds is 6. The minimum absolute atomic E-state index is 0.00819. The Bertz CT molecular complexity index is 1030. The van der Waals surface area contributed by atoms with Crippen molar-refractivity contribution in [2.75, 3.05) is 17.2 Å². The van der Waals surface area contributed by atoms with E-state index in [1.54, 1.807) is 19.2 Å². The van der Waals surface area contributed by atoms with Crippen LogP contribution in [0.3, 0.4) is 0 Å². The minimum Gasteiger partial charge on any atom is -0.405 e. The number of benzene rings is 1. The summed E-state index contributed by atoms with van der Waals surface area (Å²) in [5.41, 5.74) is 13.1. The summed E-state index contributed by atoms with van der Waals surface area (Å²) in [6.45, 7) is 2.11. The molecule has 138 valence electrons. The van der Waals surface area contributed by atoms with Gasteiger partial charge in [0.05, 0.1) is 11.1 Å². The van der Waals surface area contributed by atoms with Crippen molar-refractivity contribution in [1.82, 2.24) is 9.97 Å². The molecule has 0 saturated carbocycles. The molecule has 0 aliphatic carbocycles. The number of nitrogens with two attached hydrogens (primary N) is 2. The SMILES string of the molecule is C/C(=C\N)CNc1nc(Nc2ccc3ncccc3c2)c(C(N)=O)cc1F. The quantitative estimate of drug-likeness (QED) is 0.533. The van der Waals surface area contributed by atoms with Gasteiger partial charge in [0, 0.05) is 23.8 Å². The molecule has 3 aromatic rings. The predicted molar refractivity (Wildman–Crippen MR) is 104 cm³/mol. The predicted octanol–water partition coefficient (Wildman–Crippen LogP) is 2.89. The molecule has 0 bridgehead atoms. The van der Waals surface area contributed by atoms with Gasteiger partial charge in [-0.1, -0.05) is 6.07 Å². The lowest BCUT2D eigenvalue weighted by Gasteiger charge is -2.14. The third kappa shape index (κ3) is 4.12. The number of nitrogens with zero attached hydrogens (tertiary/aromatic N) is 2. The highest BCUT2D eigenvalue weighted by Crippen LogP contribution is 2.25. The minimum atomic E-state index is -0.782. The summed E-state index contributed by atoms with van der Waals surface area (Å²) >= 11 is 0. The number of anilines is 3. The highest BCUT2D eigenvalue weighted by Gasteiger charge is 2.16. The molecule has 0 radical (unpaired) electrons. The van der Waals surface area contributed by atoms with Gasteiger partial charge in [0.15, 0.2) is 11.6 Å². The van der Waals surface area contributed by atoms with Gasteiger partial charge in [-0.2, -0.15) is 0 Å². The van der Waals surface area contributed by atoms with Crippen LogP contribution in [-0.2, 0) is 0 Å². The Balaban J connectivity index is 1.96. The third-order valence-electron chi connectivity index (χ3n) is 3.93. The van der Waals surface area contributed by atoms with Crippen LogP contribution in [0.4, 0.5) is 21.7 Å². The van der Waals surface area contributed by atoms with E-state index in [0.29, 0.717) is 12.2 Å². The second-order valence-corrected chi connectivity index (χ2v) is 5.98. The molecule has 7 nitrogen and oxygen atoms in total. The zero-order valence-electron chi connectivity index (χ0n) is 14.7. The van der Waals surface area contributed by atoms with Gasteiger partial charge < -0.3 is 22.1 Å².